The van der Waals surface area contributed by atoms with E-state index >= 15 is 0 Å². The van der Waals surface area contributed by atoms with E-state index in [0.717, 1.165) is 27.6 Å². The van der Waals surface area contributed by atoms with E-state index in [1.807, 2.05) is 30.5 Å². The summed E-state index contributed by atoms with van der Waals surface area (Å²) in [5.41, 5.74) is 11.3. The summed E-state index contributed by atoms with van der Waals surface area (Å²) in [4.78, 5) is 9.17. The predicted molar refractivity (Wildman–Crippen MR) is 134 cm³/mol. The largest absolute Gasteiger partial charge is 0.573 e. The second kappa shape index (κ2) is 9.50. The van der Waals surface area contributed by atoms with Crippen molar-refractivity contribution in [1.82, 2.24) is 10.2 Å². The van der Waals surface area contributed by atoms with Gasteiger partial charge in [-0.15, -0.1) is 13.2 Å². The number of rotatable bonds is 6. The van der Waals surface area contributed by atoms with Crippen LogP contribution in [0.5, 0.6) is 5.75 Å². The van der Waals surface area contributed by atoms with Crippen molar-refractivity contribution in [2.75, 3.05) is 0 Å². The van der Waals surface area contributed by atoms with Crippen LogP contribution < -0.4 is 10.5 Å². The van der Waals surface area contributed by atoms with E-state index in [4.69, 9.17) is 17.3 Å². The third-order valence-corrected chi connectivity index (χ3v) is 6.03. The van der Waals surface area contributed by atoms with Crippen molar-refractivity contribution in [2.45, 2.75) is 18.8 Å². The van der Waals surface area contributed by atoms with Gasteiger partial charge in [0, 0.05) is 23.1 Å². The van der Waals surface area contributed by atoms with Crippen LogP contribution in [0.4, 0.5) is 18.9 Å². The molecule has 5 rings (SSSR count). The Balaban J connectivity index is 1.44. The van der Waals surface area contributed by atoms with Crippen LogP contribution in [-0.2, 0) is 6.54 Å². The smallest absolute Gasteiger partial charge is 0.406 e. The maximum atomic E-state index is 12.4. The second-order valence-electron chi connectivity index (χ2n) is 8.12. The lowest BCUT2D eigenvalue weighted by molar-refractivity contribution is -0.274. The number of aromatic nitrogens is 2. The van der Waals surface area contributed by atoms with Crippen LogP contribution in [0.3, 0.4) is 0 Å². The van der Waals surface area contributed by atoms with Gasteiger partial charge in [-0.05, 0) is 59.3 Å². The van der Waals surface area contributed by atoms with Crippen molar-refractivity contribution in [1.29, 1.82) is 0 Å². The van der Waals surface area contributed by atoms with E-state index in [1.165, 1.54) is 30.5 Å². The van der Waals surface area contributed by atoms with Crippen molar-refractivity contribution in [2.24, 2.45) is 15.7 Å². The lowest BCUT2D eigenvalue weighted by Gasteiger charge is -2.13. The highest BCUT2D eigenvalue weighted by atomic mass is 35.5. The molecule has 1 unspecified atom stereocenters. The first-order chi connectivity index (χ1) is 17.3. The summed E-state index contributed by atoms with van der Waals surface area (Å²) in [5, 5.41) is 8.56. The molecule has 0 aliphatic carbocycles. The van der Waals surface area contributed by atoms with Gasteiger partial charge in [-0.3, -0.25) is 15.1 Å². The first-order valence-electron chi connectivity index (χ1n) is 10.9. The zero-order valence-electron chi connectivity index (χ0n) is 18.6. The highest BCUT2D eigenvalue weighted by molar-refractivity contribution is 6.34. The van der Waals surface area contributed by atoms with Gasteiger partial charge in [-0.1, -0.05) is 35.9 Å². The standard InChI is InChI=1S/C26H19ClF3N5O/c27-22-10-18(23(7-8-31)32-12-15-1-5-19(6-2-15)36-26(28,29)30)9-20-21(14-33-25(20)22)16-3-4-17-13-34-35-24(17)11-16/h1-11,13-14,21H,12,31H2,(H,34,35). The number of nitrogens with one attached hydrogen (secondary N) is 1. The Kier molecular flexibility index (Phi) is 6.24. The zero-order chi connectivity index (χ0) is 25.3. The number of aromatic amines is 1. The van der Waals surface area contributed by atoms with Gasteiger partial charge in [0.05, 0.1) is 34.7 Å². The SMILES string of the molecule is NC=CC(=NCc1ccc(OC(F)(F)F)cc1)c1cc(Cl)c2c(c1)C(c1ccc3cn[nH]c3c1)C=N2. The van der Waals surface area contributed by atoms with Crippen LogP contribution in [0, 0.1) is 0 Å². The topological polar surface area (TPSA) is 88.6 Å². The summed E-state index contributed by atoms with van der Waals surface area (Å²) >= 11 is 6.59. The molecule has 0 bridgehead atoms. The van der Waals surface area contributed by atoms with E-state index < -0.39 is 6.36 Å². The van der Waals surface area contributed by atoms with Crippen molar-refractivity contribution in [3.05, 3.63) is 100 Å². The fraction of sp³-hybridized carbons (Fsp3) is 0.115. The quantitative estimate of drug-likeness (QED) is 0.294. The molecule has 0 saturated carbocycles. The first kappa shape index (κ1) is 23.6. The van der Waals surface area contributed by atoms with E-state index in [1.54, 1.807) is 18.3 Å². The fourth-order valence-corrected chi connectivity index (χ4v) is 4.36. The zero-order valence-corrected chi connectivity index (χ0v) is 19.4. The van der Waals surface area contributed by atoms with Crippen molar-refractivity contribution < 1.29 is 17.9 Å². The Morgan fingerprint density at radius 3 is 2.69 bits per heavy atom. The van der Waals surface area contributed by atoms with Crippen molar-refractivity contribution >= 4 is 40.1 Å². The number of ether oxygens (including phenoxy) is 1. The molecule has 1 aliphatic heterocycles. The number of alkyl halides is 3. The molecule has 0 fully saturated rings. The number of H-pyrrole nitrogens is 1. The minimum Gasteiger partial charge on any atom is -0.406 e. The fourth-order valence-electron chi connectivity index (χ4n) is 4.09. The molecule has 6 nitrogen and oxygen atoms in total. The number of halogens is 4. The van der Waals surface area contributed by atoms with Gasteiger partial charge in [0.2, 0.25) is 0 Å². The monoisotopic (exact) mass is 509 g/mol. The molecule has 0 spiro atoms. The molecule has 10 heteroatoms. The van der Waals surface area contributed by atoms with E-state index in [0.29, 0.717) is 22.0 Å². The normalized spacial score (nSPS) is 15.7. The summed E-state index contributed by atoms with van der Waals surface area (Å²) < 4.78 is 41.1. The van der Waals surface area contributed by atoms with Gasteiger partial charge in [-0.2, -0.15) is 5.10 Å². The summed E-state index contributed by atoms with van der Waals surface area (Å²) in [6.45, 7) is 0.219. The van der Waals surface area contributed by atoms with Gasteiger partial charge in [0.15, 0.2) is 0 Å². The maximum Gasteiger partial charge on any atom is 0.573 e. The lowest BCUT2D eigenvalue weighted by Crippen LogP contribution is -2.17. The number of nitrogens with zero attached hydrogens (tertiary/aromatic N) is 3. The van der Waals surface area contributed by atoms with Gasteiger partial charge >= 0.3 is 6.36 Å². The van der Waals surface area contributed by atoms with E-state index in [9.17, 15) is 13.2 Å². The third-order valence-electron chi connectivity index (χ3n) is 5.74. The molecule has 182 valence electrons. The van der Waals surface area contributed by atoms with E-state index in [-0.39, 0.29) is 18.2 Å². The Morgan fingerprint density at radius 2 is 1.94 bits per heavy atom. The molecular formula is C26H19ClF3N5O. The molecule has 36 heavy (non-hydrogen) atoms. The molecule has 3 aromatic carbocycles. The second-order valence-corrected chi connectivity index (χ2v) is 8.53. The number of nitrogens with two attached hydrogens (primary N) is 1. The third kappa shape index (κ3) is 4.96. The molecule has 2 heterocycles. The average Bonchev–Trinajstić information content (AvgIpc) is 3.48. The molecule has 4 aromatic rings. The minimum absolute atomic E-state index is 0.102. The van der Waals surface area contributed by atoms with Gasteiger partial charge in [-0.25, -0.2) is 0 Å². The van der Waals surface area contributed by atoms with Crippen LogP contribution in [-0.4, -0.2) is 28.5 Å². The van der Waals surface area contributed by atoms with Crippen LogP contribution in [0.15, 0.2) is 83.1 Å². The Hall–Kier alpha value is -4.11. The maximum absolute atomic E-state index is 12.4. The molecule has 1 aliphatic rings. The number of aliphatic imine (C=N–C) groups is 2. The van der Waals surface area contributed by atoms with Crippen LogP contribution in [0.2, 0.25) is 5.02 Å². The van der Waals surface area contributed by atoms with Crippen LogP contribution in [0.1, 0.15) is 28.2 Å². The van der Waals surface area contributed by atoms with Crippen LogP contribution in [0.25, 0.3) is 10.9 Å². The van der Waals surface area contributed by atoms with Gasteiger partial charge in [0.25, 0.3) is 0 Å². The Bertz CT molecular complexity index is 1510. The molecule has 0 radical (unpaired) electrons. The summed E-state index contributed by atoms with van der Waals surface area (Å²) in [5.74, 6) is -0.392. The van der Waals surface area contributed by atoms with Crippen molar-refractivity contribution in [3.63, 3.8) is 0 Å². The van der Waals surface area contributed by atoms with Crippen LogP contribution >= 0.6 is 11.6 Å². The number of hydrogen-bond donors (Lipinski definition) is 2. The lowest BCUT2D eigenvalue weighted by atomic mass is 9.91. The highest BCUT2D eigenvalue weighted by Gasteiger charge is 2.31. The number of benzene rings is 3. The average molecular weight is 510 g/mol. The molecule has 0 amide bonds. The number of hydrogen-bond acceptors (Lipinski definition) is 5. The molecule has 3 N–H and O–H groups in total. The Morgan fingerprint density at radius 1 is 1.14 bits per heavy atom. The first-order valence-corrected chi connectivity index (χ1v) is 11.3. The van der Waals surface area contributed by atoms with Gasteiger partial charge < -0.3 is 10.5 Å². The summed E-state index contributed by atoms with van der Waals surface area (Å²) in [7, 11) is 0. The predicted octanol–water partition coefficient (Wildman–Crippen LogP) is 6.42. The molecular weight excluding hydrogens is 491 g/mol. The van der Waals surface area contributed by atoms with Crippen molar-refractivity contribution in [3.8, 4) is 5.75 Å². The molecule has 1 atom stereocenters. The number of allylic oxidation sites excluding steroid dienone is 1. The minimum atomic E-state index is -4.74. The van der Waals surface area contributed by atoms with E-state index in [2.05, 4.69) is 24.9 Å². The summed E-state index contributed by atoms with van der Waals surface area (Å²) in [6, 6.07) is 15.4. The molecule has 1 aromatic heterocycles. The number of fused-ring (bicyclic) bond motifs is 2. The summed E-state index contributed by atoms with van der Waals surface area (Å²) in [6.07, 6.45) is 1.92. The highest BCUT2D eigenvalue weighted by Crippen LogP contribution is 2.42. The molecule has 0 saturated heterocycles. The van der Waals surface area contributed by atoms with Gasteiger partial charge in [0.1, 0.15) is 5.75 Å². The Labute approximate surface area is 209 Å².